The summed E-state index contributed by atoms with van der Waals surface area (Å²) in [4.78, 5) is 24.9. The van der Waals surface area contributed by atoms with E-state index in [-0.39, 0.29) is 17.6 Å². The predicted octanol–water partition coefficient (Wildman–Crippen LogP) is 3.71. The summed E-state index contributed by atoms with van der Waals surface area (Å²) in [6.45, 7) is 2.21. The van der Waals surface area contributed by atoms with Crippen molar-refractivity contribution in [2.45, 2.75) is 31.7 Å². The molecular weight excluding hydrogens is 381 g/mol. The molecule has 1 unspecified atom stereocenters. The van der Waals surface area contributed by atoms with Gasteiger partial charge in [-0.1, -0.05) is 0 Å². The van der Waals surface area contributed by atoms with Crippen molar-refractivity contribution in [2.24, 2.45) is 0 Å². The highest BCUT2D eigenvalue weighted by Crippen LogP contribution is 2.31. The van der Waals surface area contributed by atoms with Crippen LogP contribution in [0.4, 0.5) is 13.2 Å². The van der Waals surface area contributed by atoms with Crippen molar-refractivity contribution in [2.75, 3.05) is 6.54 Å². The Balaban J connectivity index is 1.62. The van der Waals surface area contributed by atoms with Gasteiger partial charge in [0.1, 0.15) is 5.75 Å². The Bertz CT molecular complexity index is 848. The van der Waals surface area contributed by atoms with Crippen LogP contribution in [0.15, 0.2) is 36.4 Å². The largest absolute Gasteiger partial charge is 0.573 e. The topological polar surface area (TPSA) is 67.4 Å². The summed E-state index contributed by atoms with van der Waals surface area (Å²) >= 11 is 1.23. The first-order valence-corrected chi connectivity index (χ1v) is 9.00. The first-order valence-electron chi connectivity index (χ1n) is 8.19. The van der Waals surface area contributed by atoms with E-state index in [1.54, 1.807) is 12.1 Å². The highest BCUT2D eigenvalue weighted by atomic mass is 32.1. The highest BCUT2D eigenvalue weighted by molar-refractivity contribution is 7.17. The number of rotatable bonds is 5. The molecule has 1 saturated heterocycles. The van der Waals surface area contributed by atoms with Crippen LogP contribution in [0.3, 0.4) is 0 Å². The second kappa shape index (κ2) is 7.22. The Morgan fingerprint density at radius 2 is 1.96 bits per heavy atom. The van der Waals surface area contributed by atoms with Gasteiger partial charge in [0.15, 0.2) is 0 Å². The molecule has 1 fully saturated rings. The van der Waals surface area contributed by atoms with Crippen molar-refractivity contribution in [1.82, 2.24) is 10.6 Å². The van der Waals surface area contributed by atoms with Gasteiger partial charge < -0.3 is 15.4 Å². The lowest BCUT2D eigenvalue weighted by atomic mass is 10.0. The SMILES string of the molecule is CC1(CNC(=O)c2ccc(-c3ccc(OC(F)(F)F)cc3)s2)CCC(=O)N1. The Morgan fingerprint density at radius 1 is 1.26 bits per heavy atom. The van der Waals surface area contributed by atoms with E-state index in [1.807, 2.05) is 6.92 Å². The molecule has 5 nitrogen and oxygen atoms in total. The van der Waals surface area contributed by atoms with Gasteiger partial charge >= 0.3 is 6.36 Å². The van der Waals surface area contributed by atoms with Crippen LogP contribution in [0, 0.1) is 0 Å². The van der Waals surface area contributed by atoms with Crippen molar-refractivity contribution in [3.05, 3.63) is 41.3 Å². The van der Waals surface area contributed by atoms with Crippen molar-refractivity contribution >= 4 is 23.2 Å². The van der Waals surface area contributed by atoms with Crippen LogP contribution < -0.4 is 15.4 Å². The van der Waals surface area contributed by atoms with Gasteiger partial charge in [-0.05, 0) is 55.3 Å². The van der Waals surface area contributed by atoms with E-state index in [0.29, 0.717) is 29.8 Å². The minimum Gasteiger partial charge on any atom is -0.406 e. The average molecular weight is 398 g/mol. The standard InChI is InChI=1S/C18H17F3N2O3S/c1-17(9-8-15(24)23-17)10-22-16(25)14-7-6-13(27-14)11-2-4-12(5-3-11)26-18(19,20)21/h2-7H,8-10H2,1H3,(H,22,25)(H,23,24). The number of ether oxygens (including phenoxy) is 1. The molecule has 1 aliphatic rings. The Morgan fingerprint density at radius 3 is 2.56 bits per heavy atom. The molecular formula is C18H17F3N2O3S. The van der Waals surface area contributed by atoms with Crippen LogP contribution in [-0.4, -0.2) is 30.3 Å². The van der Waals surface area contributed by atoms with Crippen molar-refractivity contribution in [3.8, 4) is 16.2 Å². The fourth-order valence-electron chi connectivity index (χ4n) is 2.78. The van der Waals surface area contributed by atoms with Gasteiger partial charge in [0, 0.05) is 17.8 Å². The Labute approximate surface area is 157 Å². The minimum atomic E-state index is -4.73. The molecule has 9 heteroatoms. The zero-order valence-corrected chi connectivity index (χ0v) is 15.2. The maximum absolute atomic E-state index is 12.3. The molecule has 144 valence electrons. The number of amides is 2. The molecule has 1 atom stereocenters. The van der Waals surface area contributed by atoms with E-state index in [2.05, 4.69) is 15.4 Å². The normalized spacial score (nSPS) is 19.6. The molecule has 0 bridgehead atoms. The summed E-state index contributed by atoms with van der Waals surface area (Å²) < 4.78 is 40.5. The summed E-state index contributed by atoms with van der Waals surface area (Å²) in [5, 5.41) is 5.66. The number of carbonyl (C=O) groups is 2. The van der Waals surface area contributed by atoms with E-state index in [9.17, 15) is 22.8 Å². The molecule has 3 rings (SSSR count). The van der Waals surface area contributed by atoms with E-state index >= 15 is 0 Å². The molecule has 0 radical (unpaired) electrons. The maximum Gasteiger partial charge on any atom is 0.573 e. The van der Waals surface area contributed by atoms with Gasteiger partial charge in [0.05, 0.1) is 10.4 Å². The molecule has 27 heavy (non-hydrogen) atoms. The maximum atomic E-state index is 12.3. The van der Waals surface area contributed by atoms with Gasteiger partial charge in [-0.2, -0.15) is 0 Å². The predicted molar refractivity (Wildman–Crippen MR) is 94.6 cm³/mol. The Hall–Kier alpha value is -2.55. The van der Waals surface area contributed by atoms with Gasteiger partial charge in [-0.25, -0.2) is 0 Å². The first kappa shape index (κ1) is 19.2. The number of alkyl halides is 3. The second-order valence-electron chi connectivity index (χ2n) is 6.53. The molecule has 1 aliphatic heterocycles. The van der Waals surface area contributed by atoms with Crippen LogP contribution in [0.1, 0.15) is 29.4 Å². The minimum absolute atomic E-state index is 0.0249. The fourth-order valence-corrected chi connectivity index (χ4v) is 3.71. The van der Waals surface area contributed by atoms with Gasteiger partial charge in [0.2, 0.25) is 5.91 Å². The third-order valence-electron chi connectivity index (χ3n) is 4.19. The van der Waals surface area contributed by atoms with Gasteiger partial charge in [-0.15, -0.1) is 24.5 Å². The molecule has 2 amide bonds. The molecule has 0 aliphatic carbocycles. The lowest BCUT2D eigenvalue weighted by molar-refractivity contribution is -0.274. The molecule has 2 N–H and O–H groups in total. The Kier molecular flexibility index (Phi) is 5.14. The van der Waals surface area contributed by atoms with Crippen LogP contribution in [0.2, 0.25) is 0 Å². The smallest absolute Gasteiger partial charge is 0.406 e. The van der Waals surface area contributed by atoms with E-state index < -0.39 is 11.9 Å². The summed E-state index contributed by atoms with van der Waals surface area (Å²) in [5.74, 6) is -0.582. The van der Waals surface area contributed by atoms with Crippen molar-refractivity contribution in [1.29, 1.82) is 0 Å². The fraction of sp³-hybridized carbons (Fsp3) is 0.333. The number of hydrogen-bond acceptors (Lipinski definition) is 4. The van der Waals surface area contributed by atoms with Crippen LogP contribution in [-0.2, 0) is 4.79 Å². The summed E-state index contributed by atoms with van der Waals surface area (Å²) in [5.41, 5.74) is 0.241. The van der Waals surface area contributed by atoms with E-state index in [0.717, 1.165) is 4.88 Å². The number of carbonyl (C=O) groups excluding carboxylic acids is 2. The molecule has 2 aromatic rings. The van der Waals surface area contributed by atoms with Crippen LogP contribution >= 0.6 is 11.3 Å². The summed E-state index contributed by atoms with van der Waals surface area (Å²) in [6, 6.07) is 8.86. The van der Waals surface area contributed by atoms with Crippen molar-refractivity contribution < 1.29 is 27.5 Å². The van der Waals surface area contributed by atoms with E-state index in [4.69, 9.17) is 0 Å². The number of halogens is 3. The van der Waals surface area contributed by atoms with Crippen LogP contribution in [0.25, 0.3) is 10.4 Å². The second-order valence-corrected chi connectivity index (χ2v) is 7.61. The number of thiophene rings is 1. The third-order valence-corrected chi connectivity index (χ3v) is 5.32. The quantitative estimate of drug-likeness (QED) is 0.807. The zero-order valence-electron chi connectivity index (χ0n) is 14.4. The number of benzene rings is 1. The number of nitrogens with one attached hydrogen (secondary N) is 2. The zero-order chi connectivity index (χ0) is 19.7. The van der Waals surface area contributed by atoms with Crippen molar-refractivity contribution in [3.63, 3.8) is 0 Å². The lowest BCUT2D eigenvalue weighted by Gasteiger charge is -2.23. The summed E-state index contributed by atoms with van der Waals surface area (Å²) in [6.07, 6.45) is -3.62. The summed E-state index contributed by atoms with van der Waals surface area (Å²) in [7, 11) is 0. The first-order chi connectivity index (χ1) is 12.6. The third kappa shape index (κ3) is 5.00. The van der Waals surface area contributed by atoms with Gasteiger partial charge in [0.25, 0.3) is 5.91 Å². The number of hydrogen-bond donors (Lipinski definition) is 2. The average Bonchev–Trinajstić information content (AvgIpc) is 3.20. The monoisotopic (exact) mass is 398 g/mol. The molecule has 1 aromatic heterocycles. The molecule has 1 aromatic carbocycles. The van der Waals surface area contributed by atoms with Crippen LogP contribution in [0.5, 0.6) is 5.75 Å². The highest BCUT2D eigenvalue weighted by Gasteiger charge is 2.33. The molecule has 0 saturated carbocycles. The molecule has 2 heterocycles. The van der Waals surface area contributed by atoms with Gasteiger partial charge in [-0.3, -0.25) is 9.59 Å². The molecule has 0 spiro atoms. The lowest BCUT2D eigenvalue weighted by Crippen LogP contribution is -2.48. The van der Waals surface area contributed by atoms with E-state index in [1.165, 1.54) is 35.6 Å².